The van der Waals surface area contributed by atoms with Gasteiger partial charge in [0.05, 0.1) is 19.1 Å². The second-order valence-corrected chi connectivity index (χ2v) is 3.50. The van der Waals surface area contributed by atoms with Crippen LogP contribution in [0.1, 0.15) is 12.8 Å². The molecular weight excluding hydrogens is 200 g/mol. The summed E-state index contributed by atoms with van der Waals surface area (Å²) in [5.41, 5.74) is 0. The number of ether oxygens (including phenoxy) is 1. The van der Waals surface area contributed by atoms with Crippen LogP contribution < -0.4 is 5.32 Å². The first-order valence-electron chi connectivity index (χ1n) is 4.91. The Bertz CT molecular complexity index is 238. The normalized spacial score (nSPS) is 19.9. The third-order valence-electron chi connectivity index (χ3n) is 2.39. The number of rotatable bonds is 4. The number of aliphatic carboxylic acids is 1. The number of nitrogens with one attached hydrogen (secondary N) is 1. The van der Waals surface area contributed by atoms with Gasteiger partial charge in [0.2, 0.25) is 0 Å². The lowest BCUT2D eigenvalue weighted by Gasteiger charge is -2.23. The van der Waals surface area contributed by atoms with Gasteiger partial charge in [0.15, 0.2) is 0 Å². The summed E-state index contributed by atoms with van der Waals surface area (Å²) in [6, 6.07) is -0.137. The van der Waals surface area contributed by atoms with E-state index in [-0.39, 0.29) is 25.0 Å². The Labute approximate surface area is 88.2 Å². The van der Waals surface area contributed by atoms with Crippen LogP contribution in [0.3, 0.4) is 0 Å². The van der Waals surface area contributed by atoms with E-state index in [0.717, 1.165) is 6.42 Å². The van der Waals surface area contributed by atoms with Gasteiger partial charge in [-0.05, 0) is 6.42 Å². The van der Waals surface area contributed by atoms with Crippen LogP contribution in [0.5, 0.6) is 0 Å². The van der Waals surface area contributed by atoms with E-state index < -0.39 is 5.97 Å². The van der Waals surface area contributed by atoms with Crippen molar-refractivity contribution in [1.29, 1.82) is 0 Å². The van der Waals surface area contributed by atoms with Crippen LogP contribution in [0.25, 0.3) is 0 Å². The molecule has 15 heavy (non-hydrogen) atoms. The van der Waals surface area contributed by atoms with E-state index >= 15 is 0 Å². The molecule has 6 heteroatoms. The summed E-state index contributed by atoms with van der Waals surface area (Å²) in [6.07, 6.45) is 0.781. The molecule has 0 aromatic heterocycles. The summed E-state index contributed by atoms with van der Waals surface area (Å²) >= 11 is 0. The molecule has 1 unspecified atom stereocenters. The highest BCUT2D eigenvalue weighted by Gasteiger charge is 2.23. The van der Waals surface area contributed by atoms with Gasteiger partial charge in [-0.2, -0.15) is 0 Å². The van der Waals surface area contributed by atoms with Crippen LogP contribution in [0.15, 0.2) is 0 Å². The summed E-state index contributed by atoms with van der Waals surface area (Å²) in [4.78, 5) is 23.3. The highest BCUT2D eigenvalue weighted by atomic mass is 16.5. The van der Waals surface area contributed by atoms with Gasteiger partial charge >= 0.3 is 12.0 Å². The highest BCUT2D eigenvalue weighted by Crippen LogP contribution is 2.10. The van der Waals surface area contributed by atoms with Crippen molar-refractivity contribution in [3.05, 3.63) is 0 Å². The number of carbonyl (C=O) groups excluding carboxylic acids is 1. The molecule has 1 rings (SSSR count). The van der Waals surface area contributed by atoms with Crippen molar-refractivity contribution in [1.82, 2.24) is 10.2 Å². The third kappa shape index (κ3) is 3.75. The summed E-state index contributed by atoms with van der Waals surface area (Å²) < 4.78 is 5.16. The zero-order valence-electron chi connectivity index (χ0n) is 8.73. The number of nitrogens with zero attached hydrogens (tertiary/aromatic N) is 1. The van der Waals surface area contributed by atoms with E-state index in [1.54, 1.807) is 11.9 Å². The Kier molecular flexibility index (Phi) is 4.36. The van der Waals surface area contributed by atoms with Gasteiger partial charge in [-0.1, -0.05) is 0 Å². The zero-order valence-corrected chi connectivity index (χ0v) is 8.73. The molecule has 86 valence electrons. The number of likely N-dealkylation sites (N-methyl/N-ethyl adjacent to an activating group) is 1. The molecule has 1 fully saturated rings. The molecule has 1 saturated heterocycles. The van der Waals surface area contributed by atoms with Crippen molar-refractivity contribution in [2.45, 2.75) is 18.9 Å². The van der Waals surface area contributed by atoms with Crippen LogP contribution in [-0.4, -0.2) is 54.9 Å². The van der Waals surface area contributed by atoms with Gasteiger partial charge in [0.1, 0.15) is 0 Å². The second-order valence-electron chi connectivity index (χ2n) is 3.50. The van der Waals surface area contributed by atoms with Crippen LogP contribution >= 0.6 is 0 Å². The van der Waals surface area contributed by atoms with Crippen LogP contribution in [0.2, 0.25) is 0 Å². The lowest BCUT2D eigenvalue weighted by molar-refractivity contribution is -0.136. The molecule has 0 radical (unpaired) electrons. The van der Waals surface area contributed by atoms with E-state index in [2.05, 4.69) is 5.32 Å². The van der Waals surface area contributed by atoms with E-state index in [0.29, 0.717) is 13.2 Å². The largest absolute Gasteiger partial charge is 0.481 e. The minimum atomic E-state index is -0.915. The lowest BCUT2D eigenvalue weighted by Crippen LogP contribution is -2.44. The molecular formula is C9H16N2O4. The molecule has 1 heterocycles. The van der Waals surface area contributed by atoms with Crippen LogP contribution in [0.4, 0.5) is 4.79 Å². The molecule has 0 bridgehead atoms. The second kappa shape index (κ2) is 5.55. The maximum Gasteiger partial charge on any atom is 0.317 e. The number of hydrogen-bond donors (Lipinski definition) is 2. The predicted molar refractivity (Wildman–Crippen MR) is 52.6 cm³/mol. The SMILES string of the molecule is CN(C(=O)NCCC(=O)O)C1CCOC1. The summed E-state index contributed by atoms with van der Waals surface area (Å²) in [5.74, 6) is -0.915. The van der Waals surface area contributed by atoms with Gasteiger partial charge in [-0.15, -0.1) is 0 Å². The quantitative estimate of drug-likeness (QED) is 0.687. The number of carbonyl (C=O) groups is 2. The average molecular weight is 216 g/mol. The van der Waals surface area contributed by atoms with Gasteiger partial charge in [-0.25, -0.2) is 4.79 Å². The Morgan fingerprint density at radius 3 is 2.87 bits per heavy atom. The fourth-order valence-electron chi connectivity index (χ4n) is 1.39. The van der Waals surface area contributed by atoms with E-state index in [1.807, 2.05) is 0 Å². The molecule has 6 nitrogen and oxygen atoms in total. The number of carboxylic acid groups (broad SMARTS) is 1. The van der Waals surface area contributed by atoms with Crippen LogP contribution in [-0.2, 0) is 9.53 Å². The number of carboxylic acids is 1. The minimum Gasteiger partial charge on any atom is -0.481 e. The topological polar surface area (TPSA) is 78.9 Å². The number of hydrogen-bond acceptors (Lipinski definition) is 3. The average Bonchev–Trinajstić information content (AvgIpc) is 2.68. The number of amides is 2. The monoisotopic (exact) mass is 216 g/mol. The zero-order chi connectivity index (χ0) is 11.3. The first-order valence-corrected chi connectivity index (χ1v) is 4.91. The van der Waals surface area contributed by atoms with Gasteiger partial charge in [0.25, 0.3) is 0 Å². The minimum absolute atomic E-state index is 0.0548. The maximum absolute atomic E-state index is 11.5. The van der Waals surface area contributed by atoms with Crippen molar-refractivity contribution in [2.75, 3.05) is 26.8 Å². The standard InChI is InChI=1S/C9H16N2O4/c1-11(7-3-5-15-6-7)9(14)10-4-2-8(12)13/h7H,2-6H2,1H3,(H,10,14)(H,12,13). The Morgan fingerprint density at radius 1 is 1.60 bits per heavy atom. The van der Waals surface area contributed by atoms with Crippen molar-refractivity contribution in [3.8, 4) is 0 Å². The van der Waals surface area contributed by atoms with E-state index in [9.17, 15) is 9.59 Å². The molecule has 2 amide bonds. The Hall–Kier alpha value is -1.30. The maximum atomic E-state index is 11.5. The summed E-state index contributed by atoms with van der Waals surface area (Å²) in [7, 11) is 1.69. The highest BCUT2D eigenvalue weighted by molar-refractivity contribution is 5.75. The summed E-state index contributed by atoms with van der Waals surface area (Å²) in [6.45, 7) is 1.40. The molecule has 0 aromatic carbocycles. The van der Waals surface area contributed by atoms with Gasteiger partial charge in [0, 0.05) is 20.2 Å². The molecule has 1 aliphatic rings. The summed E-state index contributed by atoms with van der Waals surface area (Å²) in [5, 5.41) is 10.9. The molecule has 1 atom stereocenters. The molecule has 0 spiro atoms. The van der Waals surface area contributed by atoms with E-state index in [4.69, 9.17) is 9.84 Å². The Morgan fingerprint density at radius 2 is 2.33 bits per heavy atom. The van der Waals surface area contributed by atoms with E-state index in [1.165, 1.54) is 0 Å². The molecule has 0 aliphatic carbocycles. The first-order chi connectivity index (χ1) is 7.11. The van der Waals surface area contributed by atoms with Gasteiger partial charge in [-0.3, -0.25) is 4.79 Å². The van der Waals surface area contributed by atoms with Gasteiger partial charge < -0.3 is 20.1 Å². The fourth-order valence-corrected chi connectivity index (χ4v) is 1.39. The Balaban J connectivity index is 2.23. The molecule has 0 aromatic rings. The molecule has 1 aliphatic heterocycles. The predicted octanol–water partition coefficient (Wildman–Crippen LogP) is -0.109. The molecule has 0 saturated carbocycles. The van der Waals surface area contributed by atoms with Crippen molar-refractivity contribution < 1.29 is 19.4 Å². The lowest BCUT2D eigenvalue weighted by atomic mass is 10.2. The van der Waals surface area contributed by atoms with Crippen molar-refractivity contribution in [3.63, 3.8) is 0 Å². The fraction of sp³-hybridized carbons (Fsp3) is 0.778. The third-order valence-corrected chi connectivity index (χ3v) is 2.39. The smallest absolute Gasteiger partial charge is 0.317 e. The van der Waals surface area contributed by atoms with Crippen molar-refractivity contribution in [2.24, 2.45) is 0 Å². The van der Waals surface area contributed by atoms with Crippen LogP contribution in [0, 0.1) is 0 Å². The first kappa shape index (κ1) is 11.8. The number of urea groups is 1. The van der Waals surface area contributed by atoms with Crippen molar-refractivity contribution >= 4 is 12.0 Å². The molecule has 2 N–H and O–H groups in total.